The Kier molecular flexibility index (Phi) is 4.13. The lowest BCUT2D eigenvalue weighted by molar-refractivity contribution is -0.137. The second-order valence-corrected chi connectivity index (χ2v) is 5.15. The lowest BCUT2D eigenvalue weighted by Gasteiger charge is -2.12. The SMILES string of the molecule is CC(CC(=O)O)c1ccc(-c2cccc(N(C)C)c2)o1. The van der Waals surface area contributed by atoms with E-state index in [0.717, 1.165) is 17.0 Å². The fourth-order valence-corrected chi connectivity index (χ4v) is 2.07. The molecule has 1 unspecified atom stereocenters. The molecule has 0 aliphatic heterocycles. The van der Waals surface area contributed by atoms with Gasteiger partial charge < -0.3 is 14.4 Å². The van der Waals surface area contributed by atoms with Crippen molar-refractivity contribution in [3.8, 4) is 11.3 Å². The smallest absolute Gasteiger partial charge is 0.304 e. The Labute approximate surface area is 118 Å². The molecule has 0 saturated heterocycles. The Bertz CT molecular complexity index is 601. The van der Waals surface area contributed by atoms with Gasteiger partial charge in [0.2, 0.25) is 0 Å². The lowest BCUT2D eigenvalue weighted by Crippen LogP contribution is -2.08. The molecule has 1 atom stereocenters. The third-order valence-corrected chi connectivity index (χ3v) is 3.24. The maximum atomic E-state index is 10.7. The molecule has 0 aliphatic carbocycles. The summed E-state index contributed by atoms with van der Waals surface area (Å²) in [5.41, 5.74) is 2.09. The van der Waals surface area contributed by atoms with Gasteiger partial charge >= 0.3 is 5.97 Å². The third-order valence-electron chi connectivity index (χ3n) is 3.24. The number of nitrogens with zero attached hydrogens (tertiary/aromatic N) is 1. The van der Waals surface area contributed by atoms with E-state index in [4.69, 9.17) is 9.52 Å². The van der Waals surface area contributed by atoms with Crippen LogP contribution >= 0.6 is 0 Å². The molecule has 0 radical (unpaired) electrons. The summed E-state index contributed by atoms with van der Waals surface area (Å²) >= 11 is 0. The molecule has 0 spiro atoms. The Morgan fingerprint density at radius 2 is 2.05 bits per heavy atom. The van der Waals surface area contributed by atoms with Crippen molar-refractivity contribution >= 4 is 11.7 Å². The normalized spacial score (nSPS) is 12.2. The van der Waals surface area contributed by atoms with Crippen LogP contribution in [0.4, 0.5) is 5.69 Å². The minimum Gasteiger partial charge on any atom is -0.481 e. The van der Waals surface area contributed by atoms with Gasteiger partial charge in [0.15, 0.2) is 0 Å². The molecule has 0 bridgehead atoms. The zero-order valence-electron chi connectivity index (χ0n) is 12.0. The summed E-state index contributed by atoms with van der Waals surface area (Å²) in [6, 6.07) is 11.8. The van der Waals surface area contributed by atoms with E-state index in [1.807, 2.05) is 62.3 Å². The molecule has 0 saturated carbocycles. The van der Waals surface area contributed by atoms with Gasteiger partial charge in [0, 0.05) is 31.3 Å². The number of rotatable bonds is 5. The fourth-order valence-electron chi connectivity index (χ4n) is 2.07. The first kappa shape index (κ1) is 14.2. The molecular formula is C16H19NO3. The first-order chi connectivity index (χ1) is 9.47. The average molecular weight is 273 g/mol. The molecule has 4 heteroatoms. The molecule has 0 aliphatic rings. The summed E-state index contributed by atoms with van der Waals surface area (Å²) in [7, 11) is 3.98. The minimum atomic E-state index is -0.815. The standard InChI is InChI=1S/C16H19NO3/c1-11(9-16(18)19)14-7-8-15(20-14)12-5-4-6-13(10-12)17(2)3/h4-8,10-11H,9H2,1-3H3,(H,18,19). The largest absolute Gasteiger partial charge is 0.481 e. The molecule has 1 aromatic carbocycles. The number of carboxylic acid groups (broad SMARTS) is 1. The molecule has 0 amide bonds. The second-order valence-electron chi connectivity index (χ2n) is 5.15. The zero-order chi connectivity index (χ0) is 14.7. The topological polar surface area (TPSA) is 53.7 Å². The van der Waals surface area contributed by atoms with Crippen molar-refractivity contribution in [1.82, 2.24) is 0 Å². The quantitative estimate of drug-likeness (QED) is 0.904. The van der Waals surface area contributed by atoms with Crippen molar-refractivity contribution < 1.29 is 14.3 Å². The number of carboxylic acids is 1. The van der Waals surface area contributed by atoms with Crippen LogP contribution in [-0.2, 0) is 4.79 Å². The molecule has 1 N–H and O–H groups in total. The van der Waals surface area contributed by atoms with Crippen LogP contribution in [0.5, 0.6) is 0 Å². The van der Waals surface area contributed by atoms with Gasteiger partial charge in [0.25, 0.3) is 0 Å². The Morgan fingerprint density at radius 1 is 1.30 bits per heavy atom. The van der Waals surface area contributed by atoms with Crippen molar-refractivity contribution in [2.75, 3.05) is 19.0 Å². The molecule has 2 rings (SSSR count). The number of furan rings is 1. The maximum Gasteiger partial charge on any atom is 0.304 e. The Hall–Kier alpha value is -2.23. The number of hydrogen-bond donors (Lipinski definition) is 1. The van der Waals surface area contributed by atoms with Crippen molar-refractivity contribution in [1.29, 1.82) is 0 Å². The second kappa shape index (κ2) is 5.82. The predicted molar refractivity (Wildman–Crippen MR) is 79.1 cm³/mol. The van der Waals surface area contributed by atoms with E-state index in [1.54, 1.807) is 0 Å². The van der Waals surface area contributed by atoms with E-state index in [-0.39, 0.29) is 12.3 Å². The van der Waals surface area contributed by atoms with Crippen LogP contribution in [-0.4, -0.2) is 25.2 Å². The van der Waals surface area contributed by atoms with Crippen LogP contribution in [0.15, 0.2) is 40.8 Å². The summed E-state index contributed by atoms with van der Waals surface area (Å²) in [6.45, 7) is 1.85. The molecule has 1 aromatic heterocycles. The van der Waals surface area contributed by atoms with Gasteiger partial charge in [0.05, 0.1) is 6.42 Å². The van der Waals surface area contributed by atoms with Crippen molar-refractivity contribution in [2.45, 2.75) is 19.3 Å². The molecule has 20 heavy (non-hydrogen) atoms. The van der Waals surface area contributed by atoms with Gasteiger partial charge in [0.1, 0.15) is 11.5 Å². The molecular weight excluding hydrogens is 254 g/mol. The number of carbonyl (C=O) groups is 1. The molecule has 4 nitrogen and oxygen atoms in total. The minimum absolute atomic E-state index is 0.0741. The Morgan fingerprint density at radius 3 is 2.70 bits per heavy atom. The Balaban J connectivity index is 2.24. The fraction of sp³-hybridized carbons (Fsp3) is 0.312. The van der Waals surface area contributed by atoms with Crippen LogP contribution in [0, 0.1) is 0 Å². The highest BCUT2D eigenvalue weighted by Crippen LogP contribution is 2.29. The van der Waals surface area contributed by atoms with E-state index in [0.29, 0.717) is 5.76 Å². The molecule has 0 fully saturated rings. The summed E-state index contributed by atoms with van der Waals surface area (Å²) in [5, 5.41) is 8.82. The first-order valence-corrected chi connectivity index (χ1v) is 6.56. The summed E-state index contributed by atoms with van der Waals surface area (Å²) in [5.74, 6) is 0.530. The highest BCUT2D eigenvalue weighted by atomic mass is 16.4. The monoisotopic (exact) mass is 273 g/mol. The highest BCUT2D eigenvalue weighted by Gasteiger charge is 2.15. The van der Waals surface area contributed by atoms with E-state index in [2.05, 4.69) is 0 Å². The third kappa shape index (κ3) is 3.20. The number of anilines is 1. The lowest BCUT2D eigenvalue weighted by atomic mass is 10.1. The van der Waals surface area contributed by atoms with E-state index < -0.39 is 5.97 Å². The predicted octanol–water partition coefficient (Wildman–Crippen LogP) is 3.59. The van der Waals surface area contributed by atoms with Gasteiger partial charge in [-0.25, -0.2) is 0 Å². The molecule has 106 valence electrons. The van der Waals surface area contributed by atoms with E-state index in [9.17, 15) is 4.79 Å². The van der Waals surface area contributed by atoms with Crippen molar-refractivity contribution in [3.63, 3.8) is 0 Å². The molecule has 1 heterocycles. The van der Waals surface area contributed by atoms with Gasteiger partial charge in [-0.3, -0.25) is 4.79 Å². The van der Waals surface area contributed by atoms with Crippen LogP contribution < -0.4 is 4.90 Å². The number of benzene rings is 1. The van der Waals surface area contributed by atoms with Crippen LogP contribution in [0.3, 0.4) is 0 Å². The highest BCUT2D eigenvalue weighted by molar-refractivity contribution is 5.68. The maximum absolute atomic E-state index is 10.7. The van der Waals surface area contributed by atoms with Crippen molar-refractivity contribution in [3.05, 3.63) is 42.2 Å². The summed E-state index contributed by atoms with van der Waals surface area (Å²) in [4.78, 5) is 12.8. The number of aliphatic carboxylic acids is 1. The van der Waals surface area contributed by atoms with E-state index in [1.165, 1.54) is 0 Å². The van der Waals surface area contributed by atoms with E-state index >= 15 is 0 Å². The first-order valence-electron chi connectivity index (χ1n) is 6.56. The van der Waals surface area contributed by atoms with Gasteiger partial charge in [-0.05, 0) is 24.3 Å². The van der Waals surface area contributed by atoms with Crippen LogP contribution in [0.1, 0.15) is 25.0 Å². The van der Waals surface area contributed by atoms with Gasteiger partial charge in [-0.1, -0.05) is 19.1 Å². The number of hydrogen-bond acceptors (Lipinski definition) is 3. The summed E-state index contributed by atoms with van der Waals surface area (Å²) in [6.07, 6.45) is 0.0741. The van der Waals surface area contributed by atoms with Crippen molar-refractivity contribution in [2.24, 2.45) is 0 Å². The van der Waals surface area contributed by atoms with Crippen LogP contribution in [0.25, 0.3) is 11.3 Å². The average Bonchev–Trinajstić information content (AvgIpc) is 2.87. The van der Waals surface area contributed by atoms with Gasteiger partial charge in [-0.15, -0.1) is 0 Å². The molecule has 2 aromatic rings. The zero-order valence-corrected chi connectivity index (χ0v) is 12.0. The summed E-state index contributed by atoms with van der Waals surface area (Å²) < 4.78 is 5.79. The van der Waals surface area contributed by atoms with Gasteiger partial charge in [-0.2, -0.15) is 0 Å². The van der Waals surface area contributed by atoms with Crippen LogP contribution in [0.2, 0.25) is 0 Å².